The van der Waals surface area contributed by atoms with Gasteiger partial charge in [0.15, 0.2) is 12.1 Å². The van der Waals surface area contributed by atoms with Gasteiger partial charge in [0.25, 0.3) is 0 Å². The second-order valence-electron chi connectivity index (χ2n) is 12.8. The lowest BCUT2D eigenvalue weighted by molar-refractivity contribution is -0.255. The number of nitrogens with zero attached hydrogens (tertiary/aromatic N) is 1. The Morgan fingerprint density at radius 3 is 2.15 bits per heavy atom. The Morgan fingerprint density at radius 1 is 0.833 bits per heavy atom. The van der Waals surface area contributed by atoms with Crippen LogP contribution in [0.4, 0.5) is 17.1 Å². The summed E-state index contributed by atoms with van der Waals surface area (Å²) in [5.41, 5.74) is 10.5. The molecule has 256 valence electrons. The van der Waals surface area contributed by atoms with Crippen LogP contribution in [0.25, 0.3) is 0 Å². The molecule has 3 aromatic rings. The van der Waals surface area contributed by atoms with Gasteiger partial charge in [-0.2, -0.15) is 0 Å². The van der Waals surface area contributed by atoms with Gasteiger partial charge in [0, 0.05) is 63.0 Å². The first-order chi connectivity index (χ1) is 23.4. The van der Waals surface area contributed by atoms with Crippen molar-refractivity contribution in [1.82, 2.24) is 4.90 Å². The molecule has 3 aliphatic heterocycles. The van der Waals surface area contributed by atoms with Gasteiger partial charge in [-0.05, 0) is 48.2 Å². The number of piperidine rings is 1. The number of carbonyl (C=O) groups excluding carboxylic acids is 2. The number of nitrogens with one attached hydrogen (secondary N) is 2. The molecule has 1 spiro atoms. The minimum absolute atomic E-state index is 0.00519. The number of aliphatic hydroxyl groups excluding tert-OH is 1. The molecule has 3 saturated heterocycles. The first-order valence-electron chi connectivity index (χ1n) is 16.9. The van der Waals surface area contributed by atoms with Crippen LogP contribution >= 0.6 is 0 Å². The van der Waals surface area contributed by atoms with Crippen molar-refractivity contribution >= 4 is 28.9 Å². The molecule has 48 heavy (non-hydrogen) atoms. The molecule has 5 N–H and O–H groups in total. The van der Waals surface area contributed by atoms with Crippen molar-refractivity contribution in [3.8, 4) is 0 Å². The highest BCUT2D eigenvalue weighted by molar-refractivity contribution is 5.94. The van der Waals surface area contributed by atoms with Crippen LogP contribution in [0.1, 0.15) is 74.0 Å². The number of hydrogen-bond donors (Lipinski definition) is 4. The molecule has 3 aromatic carbocycles. The highest BCUT2D eigenvalue weighted by atomic mass is 16.7. The fourth-order valence-electron chi connectivity index (χ4n) is 6.52. The van der Waals surface area contributed by atoms with E-state index in [2.05, 4.69) is 15.5 Å². The number of nitrogen functional groups attached to an aromatic ring is 1. The first-order valence-corrected chi connectivity index (χ1v) is 16.9. The normalized spacial score (nSPS) is 22.4. The van der Waals surface area contributed by atoms with E-state index >= 15 is 0 Å². The molecule has 3 fully saturated rings. The van der Waals surface area contributed by atoms with Crippen molar-refractivity contribution in [2.45, 2.75) is 75.8 Å². The number of anilines is 3. The van der Waals surface area contributed by atoms with E-state index in [1.165, 1.54) is 0 Å². The third-order valence-electron chi connectivity index (χ3n) is 9.27. The fraction of sp³-hybridized carbons (Fsp3) is 0.459. The maximum atomic E-state index is 12.6. The zero-order chi connectivity index (χ0) is 33.3. The van der Waals surface area contributed by atoms with E-state index < -0.39 is 12.1 Å². The number of carbonyl (C=O) groups is 2. The lowest BCUT2D eigenvalue weighted by Crippen LogP contribution is -2.48. The van der Waals surface area contributed by atoms with Crippen LogP contribution in [-0.4, -0.2) is 66.6 Å². The maximum Gasteiger partial charge on any atom is 0.224 e. The summed E-state index contributed by atoms with van der Waals surface area (Å²) in [6.45, 7) is 3.86. The summed E-state index contributed by atoms with van der Waals surface area (Å²) in [4.78, 5) is 27.3. The molecule has 3 atom stereocenters. The van der Waals surface area contributed by atoms with E-state index in [-0.39, 0.29) is 30.6 Å². The molecule has 11 heteroatoms. The Bertz CT molecular complexity index is 1500. The van der Waals surface area contributed by atoms with Crippen LogP contribution < -0.4 is 16.4 Å². The van der Waals surface area contributed by atoms with Gasteiger partial charge in [-0.1, -0.05) is 48.5 Å². The minimum atomic E-state index is -0.578. The van der Waals surface area contributed by atoms with Gasteiger partial charge < -0.3 is 45.3 Å². The monoisotopic (exact) mass is 658 g/mol. The molecule has 3 heterocycles. The summed E-state index contributed by atoms with van der Waals surface area (Å²) in [6.07, 6.45) is 3.39. The largest absolute Gasteiger partial charge is 0.397 e. The van der Waals surface area contributed by atoms with E-state index in [1.54, 1.807) is 12.1 Å². The van der Waals surface area contributed by atoms with E-state index in [1.807, 2.05) is 60.7 Å². The molecule has 11 nitrogen and oxygen atoms in total. The van der Waals surface area contributed by atoms with Crippen molar-refractivity contribution < 1.29 is 33.6 Å². The average molecular weight is 659 g/mol. The SMILES string of the molecule is Nc1ccccc1NC(=O)CCCCC(=O)Nc1ccc([C@@H]2O[C@H](CN3CCC4(CC3)OCCO4)C[C@H](c3ccc(CO)cc3)O2)cc1. The summed E-state index contributed by atoms with van der Waals surface area (Å²) in [6, 6.07) is 22.6. The minimum Gasteiger partial charge on any atom is -0.397 e. The average Bonchev–Trinajstić information content (AvgIpc) is 3.57. The van der Waals surface area contributed by atoms with Gasteiger partial charge in [-0.3, -0.25) is 9.59 Å². The number of rotatable bonds is 12. The Kier molecular flexibility index (Phi) is 11.4. The number of aliphatic hydroxyl groups is 1. The van der Waals surface area contributed by atoms with Gasteiger partial charge >= 0.3 is 0 Å². The van der Waals surface area contributed by atoms with Crippen molar-refractivity contribution in [3.05, 3.63) is 89.5 Å². The van der Waals surface area contributed by atoms with E-state index in [9.17, 15) is 14.7 Å². The van der Waals surface area contributed by atoms with Crippen molar-refractivity contribution in [2.24, 2.45) is 0 Å². The Hall–Kier alpha value is -3.84. The Labute approximate surface area is 281 Å². The number of hydrogen-bond acceptors (Lipinski definition) is 9. The highest BCUT2D eigenvalue weighted by Gasteiger charge is 2.41. The Balaban J connectivity index is 1.01. The zero-order valence-electron chi connectivity index (χ0n) is 27.3. The van der Waals surface area contributed by atoms with Crippen molar-refractivity contribution in [2.75, 3.05) is 49.2 Å². The Morgan fingerprint density at radius 2 is 1.48 bits per heavy atom. The fourth-order valence-corrected chi connectivity index (χ4v) is 6.52. The number of para-hydroxylation sites is 2. The molecule has 0 aliphatic carbocycles. The molecule has 0 saturated carbocycles. The predicted octanol–water partition coefficient (Wildman–Crippen LogP) is 5.28. The van der Waals surface area contributed by atoms with Gasteiger partial charge in [-0.15, -0.1) is 0 Å². The molecule has 0 unspecified atom stereocenters. The molecule has 0 bridgehead atoms. The summed E-state index contributed by atoms with van der Waals surface area (Å²) >= 11 is 0. The lowest BCUT2D eigenvalue weighted by atomic mass is 9.98. The van der Waals surface area contributed by atoms with Crippen molar-refractivity contribution in [1.29, 1.82) is 0 Å². The second kappa shape index (κ2) is 16.0. The zero-order valence-corrected chi connectivity index (χ0v) is 27.3. The molecule has 3 aliphatic rings. The van der Waals surface area contributed by atoms with Crippen LogP contribution in [0.15, 0.2) is 72.8 Å². The maximum absolute atomic E-state index is 12.6. The number of likely N-dealkylation sites (tertiary alicyclic amines) is 1. The van der Waals surface area contributed by atoms with Gasteiger partial charge in [0.1, 0.15) is 0 Å². The van der Waals surface area contributed by atoms with E-state index in [4.69, 9.17) is 24.7 Å². The van der Waals surface area contributed by atoms with Crippen LogP contribution in [-0.2, 0) is 35.1 Å². The van der Waals surface area contributed by atoms with Gasteiger partial charge in [-0.25, -0.2) is 0 Å². The third-order valence-corrected chi connectivity index (χ3v) is 9.27. The molecule has 6 rings (SSSR count). The quantitative estimate of drug-likeness (QED) is 0.151. The first kappa shape index (κ1) is 34.0. The van der Waals surface area contributed by atoms with Crippen LogP contribution in [0, 0.1) is 0 Å². The summed E-state index contributed by atoms with van der Waals surface area (Å²) in [5, 5.41) is 15.3. The van der Waals surface area contributed by atoms with Crippen LogP contribution in [0.3, 0.4) is 0 Å². The number of nitrogens with two attached hydrogens (primary N) is 1. The number of unbranched alkanes of at least 4 members (excludes halogenated alkanes) is 1. The molecular weight excluding hydrogens is 612 g/mol. The molecule has 2 amide bonds. The van der Waals surface area contributed by atoms with E-state index in [0.29, 0.717) is 62.4 Å². The predicted molar refractivity (Wildman–Crippen MR) is 182 cm³/mol. The van der Waals surface area contributed by atoms with Crippen LogP contribution in [0.5, 0.6) is 0 Å². The number of benzene rings is 3. The van der Waals surface area contributed by atoms with Gasteiger partial charge in [0.2, 0.25) is 11.8 Å². The molecular formula is C37H46N4O7. The third kappa shape index (κ3) is 8.98. The summed E-state index contributed by atoms with van der Waals surface area (Å²) in [5.74, 6) is -0.651. The topological polar surface area (TPSA) is 145 Å². The summed E-state index contributed by atoms with van der Waals surface area (Å²) < 4.78 is 24.9. The van der Waals surface area contributed by atoms with E-state index in [0.717, 1.165) is 49.2 Å². The second-order valence-corrected chi connectivity index (χ2v) is 12.8. The summed E-state index contributed by atoms with van der Waals surface area (Å²) in [7, 11) is 0. The smallest absolute Gasteiger partial charge is 0.224 e. The molecule has 0 radical (unpaired) electrons. The lowest BCUT2D eigenvalue weighted by Gasteiger charge is -2.41. The van der Waals surface area contributed by atoms with Crippen LogP contribution in [0.2, 0.25) is 0 Å². The van der Waals surface area contributed by atoms with Gasteiger partial charge in [0.05, 0.1) is 43.4 Å². The number of ether oxygens (including phenoxy) is 4. The van der Waals surface area contributed by atoms with Crippen molar-refractivity contribution in [3.63, 3.8) is 0 Å². The number of amides is 2. The molecule has 0 aromatic heterocycles. The standard InChI is InChI=1S/C37H46N4O7/c38-31-5-1-2-6-32(31)40-35(44)8-4-3-7-34(43)39-29-15-13-28(14-16-29)36-47-30(23-33(48-36)27-11-9-26(25-42)10-12-27)24-41-19-17-37(18-20-41)45-21-22-46-37/h1-2,5-6,9-16,30,33,36,42H,3-4,7-8,17-25,38H2,(H,39,43)(H,40,44)/t30-,33+,36+/m0/s1. The highest BCUT2D eigenvalue weighted by Crippen LogP contribution is 2.39.